The SMILES string of the molecule is Cc1nc2c(c(N3CCN(CC(C)(C)O)CC3C)n1)CCCC2. The van der Waals surface area contributed by atoms with E-state index in [1.165, 1.54) is 29.9 Å². The number of β-amino-alcohol motifs (C(OH)–C–C–N with tert-alkyl or cyclic N) is 1. The summed E-state index contributed by atoms with van der Waals surface area (Å²) in [6, 6.07) is 0.409. The highest BCUT2D eigenvalue weighted by molar-refractivity contribution is 5.51. The minimum absolute atomic E-state index is 0.409. The second-order valence-electron chi connectivity index (χ2n) is 7.82. The molecule has 5 nitrogen and oxygen atoms in total. The smallest absolute Gasteiger partial charge is 0.136 e. The fourth-order valence-corrected chi connectivity index (χ4v) is 3.97. The topological polar surface area (TPSA) is 52.5 Å². The van der Waals surface area contributed by atoms with Gasteiger partial charge in [-0.25, -0.2) is 9.97 Å². The van der Waals surface area contributed by atoms with Crippen LogP contribution in [0.5, 0.6) is 0 Å². The number of piperazine rings is 1. The van der Waals surface area contributed by atoms with Crippen LogP contribution < -0.4 is 4.90 Å². The summed E-state index contributed by atoms with van der Waals surface area (Å²) in [6.07, 6.45) is 4.71. The molecule has 0 amide bonds. The Hall–Kier alpha value is -1.20. The number of aliphatic hydroxyl groups is 1. The molecule has 5 heteroatoms. The van der Waals surface area contributed by atoms with E-state index in [1.54, 1.807) is 0 Å². The Morgan fingerprint density at radius 2 is 1.91 bits per heavy atom. The third-order valence-corrected chi connectivity index (χ3v) is 4.87. The Kier molecular flexibility index (Phi) is 4.61. The fraction of sp³-hybridized carbons (Fsp3) is 0.778. The van der Waals surface area contributed by atoms with E-state index >= 15 is 0 Å². The van der Waals surface area contributed by atoms with Gasteiger partial charge in [0.05, 0.1) is 5.60 Å². The molecule has 1 saturated heterocycles. The molecule has 1 fully saturated rings. The van der Waals surface area contributed by atoms with Crippen LogP contribution in [0.25, 0.3) is 0 Å². The van der Waals surface area contributed by atoms with Crippen LogP contribution in [0.1, 0.15) is 50.7 Å². The molecule has 1 aromatic heterocycles. The third-order valence-electron chi connectivity index (χ3n) is 4.87. The molecule has 128 valence electrons. The van der Waals surface area contributed by atoms with Crippen molar-refractivity contribution in [3.63, 3.8) is 0 Å². The number of hydrogen-bond donors (Lipinski definition) is 1. The lowest BCUT2D eigenvalue weighted by molar-refractivity contribution is 0.0307. The molecule has 3 rings (SSSR count). The number of fused-ring (bicyclic) bond motifs is 1. The van der Waals surface area contributed by atoms with Crippen LogP contribution in [0.2, 0.25) is 0 Å². The zero-order valence-electron chi connectivity index (χ0n) is 15.0. The minimum Gasteiger partial charge on any atom is -0.389 e. The van der Waals surface area contributed by atoms with Crippen LogP contribution in [0.3, 0.4) is 0 Å². The molecule has 1 aliphatic heterocycles. The molecule has 1 atom stereocenters. The van der Waals surface area contributed by atoms with Crippen molar-refractivity contribution in [2.24, 2.45) is 0 Å². The molecule has 0 saturated carbocycles. The summed E-state index contributed by atoms with van der Waals surface area (Å²) in [6.45, 7) is 11.7. The molecule has 0 spiro atoms. The highest BCUT2D eigenvalue weighted by atomic mass is 16.3. The van der Waals surface area contributed by atoms with E-state index in [1.807, 2.05) is 20.8 Å². The highest BCUT2D eigenvalue weighted by Crippen LogP contribution is 2.30. The van der Waals surface area contributed by atoms with Crippen LogP contribution in [0, 0.1) is 6.92 Å². The van der Waals surface area contributed by atoms with Crippen molar-refractivity contribution >= 4 is 5.82 Å². The van der Waals surface area contributed by atoms with Gasteiger partial charge in [-0.1, -0.05) is 0 Å². The van der Waals surface area contributed by atoms with E-state index in [2.05, 4.69) is 21.7 Å². The molecule has 0 bridgehead atoms. The lowest BCUT2D eigenvalue weighted by Gasteiger charge is -2.43. The van der Waals surface area contributed by atoms with Gasteiger partial charge in [-0.15, -0.1) is 0 Å². The predicted octanol–water partition coefficient (Wildman–Crippen LogP) is 1.95. The van der Waals surface area contributed by atoms with E-state index in [4.69, 9.17) is 4.98 Å². The zero-order valence-corrected chi connectivity index (χ0v) is 15.0. The summed E-state index contributed by atoms with van der Waals surface area (Å²) in [5.74, 6) is 2.06. The van der Waals surface area contributed by atoms with Gasteiger partial charge in [0.25, 0.3) is 0 Å². The first kappa shape index (κ1) is 16.7. The van der Waals surface area contributed by atoms with E-state index in [0.29, 0.717) is 6.04 Å². The average molecular weight is 318 g/mol. The van der Waals surface area contributed by atoms with Crippen LogP contribution in [-0.2, 0) is 12.8 Å². The number of aromatic nitrogens is 2. The Labute approximate surface area is 139 Å². The van der Waals surface area contributed by atoms with Gasteiger partial charge in [-0.2, -0.15) is 0 Å². The fourth-order valence-electron chi connectivity index (χ4n) is 3.97. The second kappa shape index (κ2) is 6.36. The van der Waals surface area contributed by atoms with E-state index in [0.717, 1.165) is 44.8 Å². The van der Waals surface area contributed by atoms with Gasteiger partial charge in [0.15, 0.2) is 0 Å². The van der Waals surface area contributed by atoms with Crippen molar-refractivity contribution in [3.8, 4) is 0 Å². The Bertz CT molecular complexity index is 567. The first-order valence-corrected chi connectivity index (χ1v) is 8.91. The van der Waals surface area contributed by atoms with Crippen molar-refractivity contribution in [2.45, 2.75) is 65.0 Å². The number of nitrogens with zero attached hydrogens (tertiary/aromatic N) is 4. The minimum atomic E-state index is -0.632. The molecule has 1 N–H and O–H groups in total. The number of rotatable bonds is 3. The van der Waals surface area contributed by atoms with Crippen molar-refractivity contribution in [3.05, 3.63) is 17.1 Å². The third kappa shape index (κ3) is 3.83. The van der Waals surface area contributed by atoms with Gasteiger partial charge in [0, 0.05) is 43.5 Å². The van der Waals surface area contributed by atoms with Gasteiger partial charge >= 0.3 is 0 Å². The number of aryl methyl sites for hydroxylation is 2. The lowest BCUT2D eigenvalue weighted by Crippen LogP contribution is -2.55. The van der Waals surface area contributed by atoms with Crippen molar-refractivity contribution in [1.29, 1.82) is 0 Å². The standard InChI is InChI=1S/C18H30N4O/c1-13-11-21(12-18(3,4)23)9-10-22(13)17-15-7-5-6-8-16(15)19-14(2)20-17/h13,23H,5-12H2,1-4H3. The van der Waals surface area contributed by atoms with Crippen LogP contribution in [0.4, 0.5) is 5.82 Å². The molecule has 0 aromatic carbocycles. The summed E-state index contributed by atoms with van der Waals surface area (Å²) in [5, 5.41) is 10.1. The molecular formula is C18H30N4O. The van der Waals surface area contributed by atoms with E-state index in [-0.39, 0.29) is 0 Å². The number of anilines is 1. The molecule has 23 heavy (non-hydrogen) atoms. The number of hydrogen-bond acceptors (Lipinski definition) is 5. The average Bonchev–Trinajstić information content (AvgIpc) is 2.45. The van der Waals surface area contributed by atoms with Gasteiger partial charge < -0.3 is 10.0 Å². The molecule has 1 aliphatic carbocycles. The predicted molar refractivity (Wildman–Crippen MR) is 93.0 cm³/mol. The van der Waals surface area contributed by atoms with Crippen molar-refractivity contribution in [1.82, 2.24) is 14.9 Å². The van der Waals surface area contributed by atoms with Crippen LogP contribution >= 0.6 is 0 Å². The van der Waals surface area contributed by atoms with Gasteiger partial charge in [-0.3, -0.25) is 4.90 Å². The Balaban J connectivity index is 1.80. The van der Waals surface area contributed by atoms with Crippen molar-refractivity contribution in [2.75, 3.05) is 31.1 Å². The largest absolute Gasteiger partial charge is 0.389 e. The first-order chi connectivity index (χ1) is 10.8. The molecule has 2 heterocycles. The summed E-state index contributed by atoms with van der Waals surface area (Å²) in [5.41, 5.74) is 2.02. The molecule has 0 radical (unpaired) electrons. The maximum absolute atomic E-state index is 10.1. The van der Waals surface area contributed by atoms with Gasteiger partial charge in [0.1, 0.15) is 11.6 Å². The maximum Gasteiger partial charge on any atom is 0.136 e. The summed E-state index contributed by atoms with van der Waals surface area (Å²) in [7, 11) is 0. The first-order valence-electron chi connectivity index (χ1n) is 8.91. The molecule has 1 aromatic rings. The normalized spacial score (nSPS) is 23.0. The molecule has 1 unspecified atom stereocenters. The van der Waals surface area contributed by atoms with Gasteiger partial charge in [0.2, 0.25) is 0 Å². The lowest BCUT2D eigenvalue weighted by atomic mass is 9.95. The highest BCUT2D eigenvalue weighted by Gasteiger charge is 2.30. The Morgan fingerprint density at radius 3 is 2.61 bits per heavy atom. The zero-order chi connectivity index (χ0) is 16.6. The van der Waals surface area contributed by atoms with Crippen molar-refractivity contribution < 1.29 is 5.11 Å². The molecule has 2 aliphatic rings. The maximum atomic E-state index is 10.1. The Morgan fingerprint density at radius 1 is 1.17 bits per heavy atom. The second-order valence-corrected chi connectivity index (χ2v) is 7.82. The monoisotopic (exact) mass is 318 g/mol. The molecular weight excluding hydrogens is 288 g/mol. The summed E-state index contributed by atoms with van der Waals surface area (Å²) < 4.78 is 0. The van der Waals surface area contributed by atoms with Gasteiger partial charge in [-0.05, 0) is 53.4 Å². The van der Waals surface area contributed by atoms with E-state index < -0.39 is 5.60 Å². The van der Waals surface area contributed by atoms with Crippen LogP contribution in [-0.4, -0.2) is 57.8 Å². The van der Waals surface area contributed by atoms with E-state index in [9.17, 15) is 5.11 Å². The summed E-state index contributed by atoms with van der Waals surface area (Å²) >= 11 is 0. The summed E-state index contributed by atoms with van der Waals surface area (Å²) in [4.78, 5) is 14.3. The van der Waals surface area contributed by atoms with Crippen LogP contribution in [0.15, 0.2) is 0 Å². The quantitative estimate of drug-likeness (QED) is 0.923.